The van der Waals surface area contributed by atoms with Crippen molar-refractivity contribution in [2.75, 3.05) is 11.9 Å². The molecule has 1 heterocycles. The highest BCUT2D eigenvalue weighted by atomic mass is 35.5. The van der Waals surface area contributed by atoms with Gasteiger partial charge in [0.05, 0.1) is 16.8 Å². The number of nitrogens with one attached hydrogen (secondary N) is 2. The first-order chi connectivity index (χ1) is 11.1. The highest BCUT2D eigenvalue weighted by Crippen LogP contribution is 2.29. The molecule has 1 atom stereocenters. The number of hydrogen-bond donors (Lipinski definition) is 3. The van der Waals surface area contributed by atoms with Gasteiger partial charge in [0.15, 0.2) is 0 Å². The largest absolute Gasteiger partial charge is 0.387 e. The number of urea groups is 1. The summed E-state index contributed by atoms with van der Waals surface area (Å²) in [5, 5.41) is 19.0. The highest BCUT2D eigenvalue weighted by molar-refractivity contribution is 7.17. The topological polar surface area (TPSA) is 61.4 Å². The minimum Gasteiger partial charge on any atom is -0.387 e. The molecule has 2 aromatic carbocycles. The number of anilines is 1. The molecular formula is C17H15ClN2O2S. The summed E-state index contributed by atoms with van der Waals surface area (Å²) in [4.78, 5) is 11.9. The summed E-state index contributed by atoms with van der Waals surface area (Å²) < 4.78 is 1.11. The van der Waals surface area contributed by atoms with Crippen molar-refractivity contribution in [3.8, 4) is 0 Å². The lowest BCUT2D eigenvalue weighted by Gasteiger charge is -2.13. The molecule has 4 nitrogen and oxygen atoms in total. The third-order valence-corrected chi connectivity index (χ3v) is 4.76. The van der Waals surface area contributed by atoms with Crippen molar-refractivity contribution in [3.63, 3.8) is 0 Å². The molecule has 0 saturated carbocycles. The summed E-state index contributed by atoms with van der Waals surface area (Å²) in [6.45, 7) is 0.122. The van der Waals surface area contributed by atoms with Gasteiger partial charge in [0, 0.05) is 16.8 Å². The smallest absolute Gasteiger partial charge is 0.319 e. The number of aliphatic hydroxyl groups is 1. The van der Waals surface area contributed by atoms with E-state index >= 15 is 0 Å². The number of aliphatic hydroxyl groups excluding tert-OH is 1. The molecule has 3 N–H and O–H groups in total. The van der Waals surface area contributed by atoms with Gasteiger partial charge in [-0.05, 0) is 29.0 Å². The Morgan fingerprint density at radius 1 is 1.17 bits per heavy atom. The standard InChI is InChI=1S/C17H15ClN2O2S/c18-13-6-2-3-7-14(13)20-17(22)19-9-15(21)12-10-23-16-8-4-1-5-11(12)16/h1-8,10,15,21H,9H2,(H2,19,20,22). The zero-order valence-corrected chi connectivity index (χ0v) is 13.7. The van der Waals surface area contributed by atoms with Crippen molar-refractivity contribution in [2.45, 2.75) is 6.10 Å². The second-order valence-corrected chi connectivity index (χ2v) is 6.34. The van der Waals surface area contributed by atoms with Gasteiger partial charge < -0.3 is 15.7 Å². The molecule has 0 saturated heterocycles. The Bertz CT molecular complexity index is 834. The molecule has 23 heavy (non-hydrogen) atoms. The zero-order valence-electron chi connectivity index (χ0n) is 12.1. The number of carbonyl (C=O) groups is 1. The number of para-hydroxylation sites is 1. The molecule has 0 fully saturated rings. The zero-order chi connectivity index (χ0) is 16.2. The first kappa shape index (κ1) is 15.8. The van der Waals surface area contributed by atoms with Gasteiger partial charge in [0.1, 0.15) is 0 Å². The van der Waals surface area contributed by atoms with Crippen molar-refractivity contribution >= 4 is 44.7 Å². The van der Waals surface area contributed by atoms with Gasteiger partial charge in [0.2, 0.25) is 0 Å². The lowest BCUT2D eigenvalue weighted by molar-refractivity contribution is 0.177. The third kappa shape index (κ3) is 3.64. The van der Waals surface area contributed by atoms with Crippen molar-refractivity contribution in [1.29, 1.82) is 0 Å². The fourth-order valence-electron chi connectivity index (χ4n) is 2.28. The van der Waals surface area contributed by atoms with Crippen LogP contribution in [0, 0.1) is 0 Å². The Morgan fingerprint density at radius 2 is 1.91 bits per heavy atom. The Balaban J connectivity index is 1.61. The Hall–Kier alpha value is -2.08. The number of benzene rings is 2. The molecule has 1 unspecified atom stereocenters. The van der Waals surface area contributed by atoms with E-state index < -0.39 is 12.1 Å². The second-order valence-electron chi connectivity index (χ2n) is 5.02. The molecule has 118 valence electrons. The normalized spacial score (nSPS) is 12.1. The van der Waals surface area contributed by atoms with Crippen LogP contribution in [0.5, 0.6) is 0 Å². The maximum absolute atomic E-state index is 11.9. The van der Waals surface area contributed by atoms with Crippen LogP contribution in [0.2, 0.25) is 5.02 Å². The molecule has 6 heteroatoms. The van der Waals surface area contributed by atoms with E-state index in [1.54, 1.807) is 35.6 Å². The van der Waals surface area contributed by atoms with Crippen LogP contribution in [0.15, 0.2) is 53.9 Å². The molecule has 0 aliphatic carbocycles. The molecule has 1 aromatic heterocycles. The van der Waals surface area contributed by atoms with E-state index in [1.165, 1.54) is 0 Å². The molecule has 3 aromatic rings. The van der Waals surface area contributed by atoms with Gasteiger partial charge in [-0.3, -0.25) is 0 Å². The SMILES string of the molecule is O=C(NCC(O)c1csc2ccccc12)Nc1ccccc1Cl. The van der Waals surface area contributed by atoms with Crippen molar-refractivity contribution < 1.29 is 9.90 Å². The first-order valence-electron chi connectivity index (χ1n) is 7.08. The lowest BCUT2D eigenvalue weighted by Crippen LogP contribution is -2.32. The van der Waals surface area contributed by atoms with Gasteiger partial charge in [-0.1, -0.05) is 41.9 Å². The molecule has 0 bridgehead atoms. The molecule has 0 aliphatic rings. The number of thiophene rings is 1. The van der Waals surface area contributed by atoms with E-state index in [2.05, 4.69) is 10.6 Å². The average molecular weight is 347 g/mol. The molecule has 0 radical (unpaired) electrons. The predicted octanol–water partition coefficient (Wildman–Crippen LogP) is 4.41. The van der Waals surface area contributed by atoms with E-state index in [0.717, 1.165) is 15.6 Å². The number of amides is 2. The third-order valence-electron chi connectivity index (χ3n) is 3.45. The van der Waals surface area contributed by atoms with Gasteiger partial charge >= 0.3 is 6.03 Å². The second kappa shape index (κ2) is 7.00. The molecule has 3 rings (SSSR count). The van der Waals surface area contributed by atoms with Crippen LogP contribution in [-0.4, -0.2) is 17.7 Å². The minimum atomic E-state index is -0.761. The quantitative estimate of drug-likeness (QED) is 0.655. The van der Waals surface area contributed by atoms with Crippen LogP contribution in [0.1, 0.15) is 11.7 Å². The van der Waals surface area contributed by atoms with Crippen LogP contribution in [0.3, 0.4) is 0 Å². The molecule has 2 amide bonds. The summed E-state index contributed by atoms with van der Waals surface area (Å²) in [6, 6.07) is 14.4. The summed E-state index contributed by atoms with van der Waals surface area (Å²) >= 11 is 7.56. The van der Waals surface area contributed by atoms with Gasteiger partial charge in [-0.15, -0.1) is 11.3 Å². The van der Waals surface area contributed by atoms with Crippen LogP contribution in [-0.2, 0) is 0 Å². The fraction of sp³-hybridized carbons (Fsp3) is 0.118. The first-order valence-corrected chi connectivity index (χ1v) is 8.34. The Morgan fingerprint density at radius 3 is 2.74 bits per heavy atom. The van der Waals surface area contributed by atoms with Crippen LogP contribution >= 0.6 is 22.9 Å². The fourth-order valence-corrected chi connectivity index (χ4v) is 3.48. The summed E-state index contributed by atoms with van der Waals surface area (Å²) in [5.41, 5.74) is 1.35. The highest BCUT2D eigenvalue weighted by Gasteiger charge is 2.14. The monoisotopic (exact) mass is 346 g/mol. The summed E-state index contributed by atoms with van der Waals surface area (Å²) in [6.07, 6.45) is -0.761. The Labute approximate surface area is 142 Å². The van der Waals surface area contributed by atoms with E-state index in [9.17, 15) is 9.90 Å². The number of halogens is 1. The maximum atomic E-state index is 11.9. The summed E-state index contributed by atoms with van der Waals surface area (Å²) in [5.74, 6) is 0. The van der Waals surface area contributed by atoms with Crippen LogP contribution < -0.4 is 10.6 Å². The van der Waals surface area contributed by atoms with Crippen LogP contribution in [0.4, 0.5) is 10.5 Å². The lowest BCUT2D eigenvalue weighted by atomic mass is 10.1. The minimum absolute atomic E-state index is 0.122. The molecule has 0 aliphatic heterocycles. The number of rotatable bonds is 4. The van der Waals surface area contributed by atoms with Gasteiger partial charge in [-0.2, -0.15) is 0 Å². The van der Waals surface area contributed by atoms with Crippen molar-refractivity contribution in [2.24, 2.45) is 0 Å². The number of carbonyl (C=O) groups excluding carboxylic acids is 1. The van der Waals surface area contributed by atoms with E-state index in [0.29, 0.717) is 10.7 Å². The average Bonchev–Trinajstić information content (AvgIpc) is 2.99. The predicted molar refractivity (Wildman–Crippen MR) is 95.3 cm³/mol. The van der Waals surface area contributed by atoms with Crippen molar-refractivity contribution in [1.82, 2.24) is 5.32 Å². The van der Waals surface area contributed by atoms with E-state index in [-0.39, 0.29) is 6.54 Å². The Kier molecular flexibility index (Phi) is 4.81. The van der Waals surface area contributed by atoms with Crippen molar-refractivity contribution in [3.05, 3.63) is 64.5 Å². The molecular weight excluding hydrogens is 332 g/mol. The maximum Gasteiger partial charge on any atom is 0.319 e. The van der Waals surface area contributed by atoms with E-state index in [4.69, 9.17) is 11.6 Å². The van der Waals surface area contributed by atoms with E-state index in [1.807, 2.05) is 29.6 Å². The summed E-state index contributed by atoms with van der Waals surface area (Å²) in [7, 11) is 0. The van der Waals surface area contributed by atoms with Gasteiger partial charge in [-0.25, -0.2) is 4.79 Å². The number of fused-ring (bicyclic) bond motifs is 1. The van der Waals surface area contributed by atoms with Crippen LogP contribution in [0.25, 0.3) is 10.1 Å². The number of hydrogen-bond acceptors (Lipinski definition) is 3. The molecule has 0 spiro atoms. The van der Waals surface area contributed by atoms with Gasteiger partial charge in [0.25, 0.3) is 0 Å².